The molecule has 1 aromatic carbocycles. The zero-order chi connectivity index (χ0) is 40.4. The largest absolute Gasteiger partial charge is 0.494 e. The van der Waals surface area contributed by atoms with Gasteiger partial charge in [-0.3, -0.25) is 23.9 Å². The van der Waals surface area contributed by atoms with Gasteiger partial charge in [-0.15, -0.1) is 0 Å². The lowest BCUT2D eigenvalue weighted by molar-refractivity contribution is -0.141. The van der Waals surface area contributed by atoms with E-state index in [-0.39, 0.29) is 38.1 Å². The van der Waals surface area contributed by atoms with Crippen LogP contribution in [0.3, 0.4) is 0 Å². The number of aromatic nitrogens is 1. The fourth-order valence-electron chi connectivity index (χ4n) is 7.89. The van der Waals surface area contributed by atoms with Gasteiger partial charge in [-0.1, -0.05) is 57.0 Å². The van der Waals surface area contributed by atoms with E-state index in [0.29, 0.717) is 56.6 Å². The van der Waals surface area contributed by atoms with Gasteiger partial charge < -0.3 is 30.3 Å². The van der Waals surface area contributed by atoms with Crippen molar-refractivity contribution >= 4 is 39.7 Å². The highest BCUT2D eigenvalue weighted by atomic mass is 32.2. The summed E-state index contributed by atoms with van der Waals surface area (Å²) in [6, 6.07) is 9.62. The Morgan fingerprint density at radius 2 is 1.74 bits per heavy atom. The van der Waals surface area contributed by atoms with E-state index in [9.17, 15) is 32.4 Å². The van der Waals surface area contributed by atoms with E-state index in [1.807, 2.05) is 50.3 Å². The monoisotopic (exact) mass is 804 g/mol. The van der Waals surface area contributed by atoms with E-state index >= 15 is 0 Å². The molecule has 57 heavy (non-hydrogen) atoms. The molecule has 2 aromatic rings. The van der Waals surface area contributed by atoms with Crippen molar-refractivity contribution in [2.75, 3.05) is 19.8 Å². The molecule has 2 saturated carbocycles. The fourth-order valence-corrected chi connectivity index (χ4v) is 9.25. The molecule has 0 unspecified atom stereocenters. The summed E-state index contributed by atoms with van der Waals surface area (Å²) in [5, 5.41) is 7.92. The number of cyclic esters (lactones) is 1. The predicted molar refractivity (Wildman–Crippen MR) is 209 cm³/mol. The number of rotatable bonds is 3. The van der Waals surface area contributed by atoms with Crippen LogP contribution in [0.25, 0.3) is 11.3 Å². The Hall–Kier alpha value is -4.99. The summed E-state index contributed by atoms with van der Waals surface area (Å²) in [7, 11) is -3.91. The van der Waals surface area contributed by atoms with Crippen molar-refractivity contribution in [3.05, 3.63) is 60.3 Å². The Kier molecular flexibility index (Phi) is 11.6. The second-order valence-electron chi connectivity index (χ2n) is 16.8. The number of allylic oxidation sites excluding steroid dienone is 1. The summed E-state index contributed by atoms with van der Waals surface area (Å²) < 4.78 is 39.6. The highest BCUT2D eigenvalue weighted by molar-refractivity contribution is 7.91. The average molecular weight is 805 g/mol. The van der Waals surface area contributed by atoms with Crippen LogP contribution in [-0.2, 0) is 29.1 Å². The van der Waals surface area contributed by atoms with Crippen LogP contribution in [0.2, 0.25) is 0 Å². The van der Waals surface area contributed by atoms with Crippen LogP contribution in [0.4, 0.5) is 4.79 Å². The first kappa shape index (κ1) is 40.2. The molecule has 5 atom stereocenters. The summed E-state index contributed by atoms with van der Waals surface area (Å²) in [6.07, 6.45) is 8.56. The first-order chi connectivity index (χ1) is 27.2. The van der Waals surface area contributed by atoms with Gasteiger partial charge in [-0.05, 0) is 87.5 Å². The van der Waals surface area contributed by atoms with Gasteiger partial charge in [-0.25, -0.2) is 18.2 Å². The molecule has 3 fully saturated rings. The Labute approximate surface area is 333 Å². The predicted octanol–water partition coefficient (Wildman–Crippen LogP) is 3.75. The molecule has 4 N–H and O–H groups in total. The minimum absolute atomic E-state index is 0.00762. The number of pyridine rings is 1. The fraction of sp³-hybridized carbons (Fsp3) is 0.561. The lowest BCUT2D eigenvalue weighted by Gasteiger charge is -2.30. The third-order valence-electron chi connectivity index (χ3n) is 11.5. The minimum atomic E-state index is -3.91. The second kappa shape index (κ2) is 16.5. The first-order valence-corrected chi connectivity index (χ1v) is 21.6. The van der Waals surface area contributed by atoms with Crippen molar-refractivity contribution in [1.29, 1.82) is 0 Å². The van der Waals surface area contributed by atoms with Crippen molar-refractivity contribution in [1.82, 2.24) is 30.6 Å². The number of hydrogen-bond acceptors (Lipinski definition) is 10. The lowest BCUT2D eigenvalue weighted by atomic mass is 9.89. The van der Waals surface area contributed by atoms with Crippen molar-refractivity contribution in [3.63, 3.8) is 0 Å². The summed E-state index contributed by atoms with van der Waals surface area (Å²) in [4.78, 5) is 75.7. The molecule has 1 aromatic heterocycles. The molecule has 0 spiro atoms. The zero-order valence-electron chi connectivity index (χ0n) is 32.5. The molecule has 15 nitrogen and oxygen atoms in total. The normalized spacial score (nSPS) is 29.2. The van der Waals surface area contributed by atoms with Gasteiger partial charge in [0.2, 0.25) is 21.8 Å². The molecule has 5 amide bonds. The van der Waals surface area contributed by atoms with E-state index in [4.69, 9.17) is 9.47 Å². The van der Waals surface area contributed by atoms with Gasteiger partial charge in [0.25, 0.3) is 11.8 Å². The number of benzene rings is 1. The van der Waals surface area contributed by atoms with Gasteiger partial charge in [0, 0.05) is 24.1 Å². The van der Waals surface area contributed by atoms with Crippen LogP contribution in [0.1, 0.15) is 95.0 Å². The number of hydrogen-bond donors (Lipinski definition) is 4. The third kappa shape index (κ3) is 9.59. The van der Waals surface area contributed by atoms with E-state index in [0.717, 1.165) is 18.4 Å². The highest BCUT2D eigenvalue weighted by Gasteiger charge is 2.62. The number of sulfonamides is 1. The van der Waals surface area contributed by atoms with Gasteiger partial charge in [0.05, 0.1) is 24.2 Å². The quantitative estimate of drug-likeness (QED) is 0.331. The van der Waals surface area contributed by atoms with Crippen LogP contribution in [-0.4, -0.2) is 96.7 Å². The molecular weight excluding hydrogens is 753 g/mol. The lowest BCUT2D eigenvalue weighted by Crippen LogP contribution is -2.58. The van der Waals surface area contributed by atoms with E-state index in [1.54, 1.807) is 18.2 Å². The smallest absolute Gasteiger partial charge is 0.407 e. The zero-order valence-corrected chi connectivity index (χ0v) is 33.3. The maximum Gasteiger partial charge on any atom is 0.407 e. The Morgan fingerprint density at radius 3 is 2.54 bits per heavy atom. The Morgan fingerprint density at radius 1 is 0.947 bits per heavy atom. The van der Waals surface area contributed by atoms with Crippen LogP contribution in [0.5, 0.6) is 5.75 Å². The van der Waals surface area contributed by atoms with Crippen LogP contribution in [0.15, 0.2) is 54.6 Å². The topological polar surface area (TPSA) is 202 Å². The Bertz CT molecular complexity index is 2030. The molecule has 1 saturated heterocycles. The number of alkyl carbamates (subject to hydrolysis) is 1. The molecule has 0 radical (unpaired) electrons. The molecule has 2 aliphatic carbocycles. The number of amides is 5. The maximum absolute atomic E-state index is 14.5. The Balaban J connectivity index is 1.20. The van der Waals surface area contributed by atoms with Crippen molar-refractivity contribution in [2.24, 2.45) is 11.3 Å². The van der Waals surface area contributed by atoms with Gasteiger partial charge >= 0.3 is 6.09 Å². The number of carbonyl (C=O) groups excluding carboxylic acids is 5. The van der Waals surface area contributed by atoms with Gasteiger partial charge in [0.15, 0.2) is 0 Å². The highest BCUT2D eigenvalue weighted by Crippen LogP contribution is 2.46. The summed E-state index contributed by atoms with van der Waals surface area (Å²) in [5.74, 6) is -2.33. The van der Waals surface area contributed by atoms with Crippen LogP contribution in [0, 0.1) is 11.3 Å². The summed E-state index contributed by atoms with van der Waals surface area (Å²) in [6.45, 7) is 4.43. The SMILES string of the molecule is CC1(C)CCCOc2cccc(c2)-c2cccc(n2)C(=O)N[C@@H]2C[C@H]3C(=O)N[C@]4(C(=O)NS(=O)(=O)C5CC5)C[C@H]4/C=C\CCCCC[C@H](NC(=O)OC1)C(=O)N3C2. The first-order valence-electron chi connectivity index (χ1n) is 20.0. The number of nitrogens with one attached hydrogen (secondary N) is 4. The van der Waals surface area contributed by atoms with Crippen molar-refractivity contribution in [2.45, 2.75) is 113 Å². The molecule has 16 heteroatoms. The number of carbonyl (C=O) groups is 5. The van der Waals surface area contributed by atoms with E-state index in [2.05, 4.69) is 25.7 Å². The van der Waals surface area contributed by atoms with E-state index in [1.165, 1.54) is 4.90 Å². The second-order valence-corrected chi connectivity index (χ2v) is 18.7. The molecule has 3 aliphatic heterocycles. The molecule has 7 rings (SSSR count). The standard InChI is InChI=1S/C41H52N6O9S/c1-40(2)19-10-20-55-29-13-8-11-26(21-29)31-15-9-16-32(43-31)35(48)42-28-22-34-36(49)45-41(38(51)46-57(53,54)30-17-18-30)23-27(41)12-6-4-3-5-7-14-33(37(50)47(34)24-28)44-39(52)56-25-40/h6,8-9,11-13,15-16,21,27-28,30,33-34H,3-5,7,10,14,17-20,22-25H2,1-2H3,(H,42,48)(H,44,52)(H,45,49)(H,46,51)/b12-6-/t27-,28-,33+,34+,41-/m1/s1. The maximum atomic E-state index is 14.5. The summed E-state index contributed by atoms with van der Waals surface area (Å²) in [5.41, 5.74) is -0.492. The summed E-state index contributed by atoms with van der Waals surface area (Å²) >= 11 is 0. The van der Waals surface area contributed by atoms with Crippen LogP contribution >= 0.6 is 0 Å². The number of ether oxygens (including phenoxy) is 2. The van der Waals surface area contributed by atoms with Crippen molar-refractivity contribution < 1.29 is 41.9 Å². The molecule has 306 valence electrons. The van der Waals surface area contributed by atoms with Crippen LogP contribution < -0.4 is 25.4 Å². The number of nitrogens with zero attached hydrogens (tertiary/aromatic N) is 2. The van der Waals surface area contributed by atoms with Crippen molar-refractivity contribution in [3.8, 4) is 17.0 Å². The molecular formula is C41H52N6O9S. The number of fused-ring (bicyclic) bond motifs is 8. The molecule has 7 bridgehead atoms. The van der Waals surface area contributed by atoms with Gasteiger partial charge in [0.1, 0.15) is 29.1 Å². The average Bonchev–Trinajstić information content (AvgIpc) is 4.11. The van der Waals surface area contributed by atoms with E-state index < -0.39 is 80.0 Å². The third-order valence-corrected chi connectivity index (χ3v) is 13.3. The molecule has 5 aliphatic rings. The minimum Gasteiger partial charge on any atom is -0.494 e. The van der Waals surface area contributed by atoms with Gasteiger partial charge in [-0.2, -0.15) is 0 Å². The molecule has 4 heterocycles.